The summed E-state index contributed by atoms with van der Waals surface area (Å²) < 4.78 is 1.25. The fourth-order valence-electron chi connectivity index (χ4n) is 4.78. The highest BCUT2D eigenvalue weighted by Gasteiger charge is 2.64. The predicted octanol–water partition coefficient (Wildman–Crippen LogP) is 4.88. The molecule has 1 spiro atoms. The third kappa shape index (κ3) is 1.91. The first kappa shape index (κ1) is 12.0. The van der Waals surface area contributed by atoms with Crippen LogP contribution in [-0.2, 0) is 0 Å². The van der Waals surface area contributed by atoms with Gasteiger partial charge in [0.1, 0.15) is 0 Å². The van der Waals surface area contributed by atoms with E-state index < -0.39 is 0 Å². The summed E-state index contributed by atoms with van der Waals surface area (Å²) in [6.45, 7) is 7.36. The van der Waals surface area contributed by atoms with Crippen molar-refractivity contribution in [2.75, 3.05) is 0 Å². The molecule has 0 radical (unpaired) electrons. The summed E-state index contributed by atoms with van der Waals surface area (Å²) in [5.74, 6) is 1.16. The molecule has 2 aliphatic carbocycles. The lowest BCUT2D eigenvalue weighted by molar-refractivity contribution is 0.304. The Morgan fingerprint density at radius 2 is 1.60 bits per heavy atom. The summed E-state index contributed by atoms with van der Waals surface area (Å²) in [7, 11) is 0. The molecule has 0 nitrogen and oxygen atoms in total. The van der Waals surface area contributed by atoms with Crippen molar-refractivity contribution in [1.29, 1.82) is 0 Å². The van der Waals surface area contributed by atoms with Gasteiger partial charge in [-0.3, -0.25) is 0 Å². The zero-order valence-corrected chi connectivity index (χ0v) is 12.0. The second-order valence-corrected chi connectivity index (χ2v) is 9.78. The molecule has 86 valence electrons. The SMILES string of the molecule is CC[C@H]1[C@@H]([Al]([CH2]C)[CH2]C)C12CCCCC2. The first-order valence-electron chi connectivity index (χ1n) is 7.30. The largest absolute Gasteiger partial charge is 0.266 e. The quantitative estimate of drug-likeness (QED) is 0.595. The van der Waals surface area contributed by atoms with Gasteiger partial charge in [0.2, 0.25) is 0 Å². The minimum atomic E-state index is -0.370. The van der Waals surface area contributed by atoms with E-state index in [0.29, 0.717) is 0 Å². The van der Waals surface area contributed by atoms with E-state index in [-0.39, 0.29) is 14.1 Å². The zero-order valence-electron chi connectivity index (χ0n) is 10.9. The minimum Gasteiger partial charge on any atom is -0.0965 e. The third-order valence-corrected chi connectivity index (χ3v) is 9.75. The molecule has 0 aromatic heterocycles. The average molecular weight is 222 g/mol. The van der Waals surface area contributed by atoms with Crippen LogP contribution in [0.15, 0.2) is 0 Å². The van der Waals surface area contributed by atoms with Crippen LogP contribution in [0, 0.1) is 11.3 Å². The van der Waals surface area contributed by atoms with Crippen LogP contribution in [0.4, 0.5) is 0 Å². The Morgan fingerprint density at radius 3 is 2.07 bits per heavy atom. The van der Waals surface area contributed by atoms with Crippen molar-refractivity contribution in [3.8, 4) is 0 Å². The maximum atomic E-state index is 2.46. The summed E-state index contributed by atoms with van der Waals surface area (Å²) in [5.41, 5.74) is 0.899. The molecule has 2 saturated carbocycles. The molecule has 0 aliphatic heterocycles. The van der Waals surface area contributed by atoms with Gasteiger partial charge in [0, 0.05) is 0 Å². The lowest BCUT2D eigenvalue weighted by Gasteiger charge is -2.25. The van der Waals surface area contributed by atoms with Crippen LogP contribution in [0.5, 0.6) is 0 Å². The molecular formula is C14H27Al. The average Bonchev–Trinajstić information content (AvgIpc) is 2.88. The Labute approximate surface area is 100 Å². The summed E-state index contributed by atoms with van der Waals surface area (Å²) in [6, 6.07) is 0. The Balaban J connectivity index is 2.05. The second kappa shape index (κ2) is 4.81. The van der Waals surface area contributed by atoms with Gasteiger partial charge in [0.15, 0.2) is 0 Å². The van der Waals surface area contributed by atoms with E-state index in [9.17, 15) is 0 Å². The van der Waals surface area contributed by atoms with Gasteiger partial charge >= 0.3 is 0 Å². The van der Waals surface area contributed by atoms with Gasteiger partial charge in [-0.25, -0.2) is 0 Å². The van der Waals surface area contributed by atoms with Crippen molar-refractivity contribution in [2.45, 2.75) is 74.6 Å². The van der Waals surface area contributed by atoms with Crippen molar-refractivity contribution in [2.24, 2.45) is 11.3 Å². The summed E-state index contributed by atoms with van der Waals surface area (Å²) in [5, 5.41) is 3.11. The summed E-state index contributed by atoms with van der Waals surface area (Å²) in [4.78, 5) is 0. The highest BCUT2D eigenvalue weighted by atomic mass is 27.2. The van der Waals surface area contributed by atoms with Crippen molar-refractivity contribution >= 4 is 14.1 Å². The van der Waals surface area contributed by atoms with E-state index in [1.807, 2.05) is 0 Å². The molecule has 0 unspecified atom stereocenters. The molecular weight excluding hydrogens is 195 g/mol. The van der Waals surface area contributed by atoms with Crippen LogP contribution in [0.25, 0.3) is 0 Å². The van der Waals surface area contributed by atoms with Crippen molar-refractivity contribution in [3.63, 3.8) is 0 Å². The molecule has 15 heavy (non-hydrogen) atoms. The summed E-state index contributed by atoms with van der Waals surface area (Å²) in [6.07, 6.45) is 9.28. The van der Waals surface area contributed by atoms with E-state index in [4.69, 9.17) is 0 Å². The lowest BCUT2D eigenvalue weighted by atomic mass is 9.84. The van der Waals surface area contributed by atoms with Gasteiger partial charge in [-0.05, 0) is 24.2 Å². The second-order valence-electron chi connectivity index (χ2n) is 5.91. The van der Waals surface area contributed by atoms with Crippen LogP contribution in [0.3, 0.4) is 0 Å². The first-order valence-corrected chi connectivity index (χ1v) is 9.60. The molecule has 2 aliphatic rings. The van der Waals surface area contributed by atoms with Gasteiger partial charge in [-0.1, -0.05) is 61.8 Å². The third-order valence-electron chi connectivity index (χ3n) is 5.51. The molecule has 0 aromatic carbocycles. The monoisotopic (exact) mass is 222 g/mol. The lowest BCUT2D eigenvalue weighted by Crippen LogP contribution is -2.17. The number of rotatable bonds is 4. The van der Waals surface area contributed by atoms with Crippen molar-refractivity contribution in [3.05, 3.63) is 0 Å². The maximum absolute atomic E-state index is 2.46. The van der Waals surface area contributed by atoms with Crippen LogP contribution < -0.4 is 0 Å². The standard InChI is InChI=1S/C10H17.2C2H5.Al/c1-2-9-8-10(9)6-4-3-5-7-10;2*1-2;/h8-9H,2-7H2,1H3;2*1H2,2H3;/t9-;;;/m0.../s1. The molecule has 1 heteroatoms. The molecule has 2 rings (SSSR count). The maximum Gasteiger partial charge on any atom is 0.266 e. The highest BCUT2D eigenvalue weighted by molar-refractivity contribution is 6.61. The van der Waals surface area contributed by atoms with E-state index >= 15 is 0 Å². The topological polar surface area (TPSA) is 0 Å². The normalized spacial score (nSPS) is 33.0. The van der Waals surface area contributed by atoms with E-state index in [0.717, 1.165) is 11.3 Å². The fourth-order valence-corrected chi connectivity index (χ4v) is 9.10. The van der Waals surface area contributed by atoms with Crippen molar-refractivity contribution in [1.82, 2.24) is 0 Å². The minimum absolute atomic E-state index is 0.370. The van der Waals surface area contributed by atoms with Crippen LogP contribution in [0.1, 0.15) is 59.3 Å². The van der Waals surface area contributed by atoms with Crippen LogP contribution in [-0.4, -0.2) is 14.1 Å². The highest BCUT2D eigenvalue weighted by Crippen LogP contribution is 2.73. The van der Waals surface area contributed by atoms with Crippen LogP contribution in [0.2, 0.25) is 15.3 Å². The van der Waals surface area contributed by atoms with Gasteiger partial charge < -0.3 is 0 Å². The zero-order chi connectivity index (χ0) is 10.9. The van der Waals surface area contributed by atoms with E-state index in [1.165, 1.54) is 17.6 Å². The fraction of sp³-hybridized carbons (Fsp3) is 1.00. The molecule has 0 saturated heterocycles. The molecule has 2 fully saturated rings. The Bertz CT molecular complexity index is 201. The van der Waals surface area contributed by atoms with Gasteiger partial charge in [0.25, 0.3) is 14.1 Å². The van der Waals surface area contributed by atoms with E-state index in [1.54, 1.807) is 36.2 Å². The van der Waals surface area contributed by atoms with Gasteiger partial charge in [-0.15, -0.1) is 0 Å². The van der Waals surface area contributed by atoms with E-state index in [2.05, 4.69) is 20.8 Å². The smallest absolute Gasteiger partial charge is 0.0965 e. The Kier molecular flexibility index (Phi) is 3.85. The Morgan fingerprint density at radius 1 is 1.00 bits per heavy atom. The molecule has 0 bridgehead atoms. The van der Waals surface area contributed by atoms with Gasteiger partial charge in [0.05, 0.1) is 0 Å². The van der Waals surface area contributed by atoms with Crippen LogP contribution >= 0.6 is 0 Å². The van der Waals surface area contributed by atoms with Crippen molar-refractivity contribution < 1.29 is 0 Å². The predicted molar refractivity (Wildman–Crippen MR) is 69.8 cm³/mol. The number of hydrogen-bond donors (Lipinski definition) is 0. The molecule has 0 N–H and O–H groups in total. The molecule has 0 amide bonds. The molecule has 0 heterocycles. The number of hydrogen-bond acceptors (Lipinski definition) is 0. The van der Waals surface area contributed by atoms with Gasteiger partial charge in [-0.2, -0.15) is 0 Å². The first-order chi connectivity index (χ1) is 7.30. The summed E-state index contributed by atoms with van der Waals surface area (Å²) >= 11 is -0.370. The molecule has 0 aromatic rings. The Hall–Kier alpha value is 0.532. The molecule has 2 atom stereocenters.